The highest BCUT2D eigenvalue weighted by Gasteiger charge is 2.51. The topological polar surface area (TPSA) is 18.5 Å². The molecule has 2 aromatic rings. The van der Waals surface area contributed by atoms with E-state index in [1.165, 1.54) is 16.8 Å². The lowest BCUT2D eigenvalue weighted by molar-refractivity contribution is 0.156. The standard InChI is InChI=1S/C35H52O2Si2/c1-11-29(28(2)37-38(9,10)34(3,4)5)20-18-19-21-30-26-31(30)27-36-39(35(6,7)8,32-22-14-12-15-23-32)33-24-16-13-17-25-33/h1,12-17,19,21-25,28-31H,18,20,26-27H2,2-10H3/b21-19+/t28-,29+,30?,31?/m1/s1. The van der Waals surface area contributed by atoms with E-state index in [1.54, 1.807) is 0 Å². The van der Waals surface area contributed by atoms with Gasteiger partial charge in [-0.25, -0.2) is 0 Å². The van der Waals surface area contributed by atoms with Crippen LogP contribution in [-0.4, -0.2) is 29.3 Å². The quantitative estimate of drug-likeness (QED) is 0.148. The largest absolute Gasteiger partial charge is 0.413 e. The predicted molar refractivity (Wildman–Crippen MR) is 174 cm³/mol. The lowest BCUT2D eigenvalue weighted by Gasteiger charge is -2.43. The normalized spacial score (nSPS) is 20.0. The molecule has 2 nitrogen and oxygen atoms in total. The van der Waals surface area contributed by atoms with Crippen molar-refractivity contribution in [3.63, 3.8) is 0 Å². The zero-order valence-electron chi connectivity index (χ0n) is 26.0. The molecule has 0 aromatic heterocycles. The Bertz CT molecular complexity index is 1060. The molecule has 1 aliphatic carbocycles. The van der Waals surface area contributed by atoms with E-state index in [0.717, 1.165) is 19.4 Å². The minimum atomic E-state index is -2.46. The molecule has 3 rings (SSSR count). The van der Waals surface area contributed by atoms with E-state index >= 15 is 0 Å². The first-order chi connectivity index (χ1) is 18.2. The summed E-state index contributed by atoms with van der Waals surface area (Å²) in [7, 11) is -4.29. The smallest absolute Gasteiger partial charge is 0.261 e. The van der Waals surface area contributed by atoms with Gasteiger partial charge in [0.1, 0.15) is 0 Å². The van der Waals surface area contributed by atoms with Crippen molar-refractivity contribution in [3.05, 3.63) is 72.8 Å². The molecule has 0 saturated heterocycles. The van der Waals surface area contributed by atoms with Crippen molar-refractivity contribution in [3.8, 4) is 12.3 Å². The first kappa shape index (κ1) is 31.6. The average Bonchev–Trinajstić information content (AvgIpc) is 3.62. The van der Waals surface area contributed by atoms with Crippen LogP contribution in [0.4, 0.5) is 0 Å². The van der Waals surface area contributed by atoms with Crippen LogP contribution < -0.4 is 10.4 Å². The Morgan fingerprint density at radius 3 is 1.92 bits per heavy atom. The van der Waals surface area contributed by atoms with Crippen molar-refractivity contribution in [2.75, 3.05) is 6.61 Å². The third kappa shape index (κ3) is 7.64. The second kappa shape index (κ2) is 12.7. The summed E-state index contributed by atoms with van der Waals surface area (Å²) in [6.07, 6.45) is 14.0. The molecule has 0 heterocycles. The molecule has 1 saturated carbocycles. The van der Waals surface area contributed by atoms with Gasteiger partial charge in [-0.15, -0.1) is 12.3 Å². The summed E-state index contributed by atoms with van der Waals surface area (Å²) in [6, 6.07) is 21.9. The van der Waals surface area contributed by atoms with E-state index in [-0.39, 0.29) is 22.1 Å². The van der Waals surface area contributed by atoms with Crippen molar-refractivity contribution in [1.29, 1.82) is 0 Å². The van der Waals surface area contributed by atoms with Gasteiger partial charge in [-0.1, -0.05) is 114 Å². The van der Waals surface area contributed by atoms with Gasteiger partial charge in [0.2, 0.25) is 0 Å². The fraction of sp³-hybridized carbons (Fsp3) is 0.543. The summed E-state index contributed by atoms with van der Waals surface area (Å²) < 4.78 is 13.7. The van der Waals surface area contributed by atoms with Crippen molar-refractivity contribution in [2.24, 2.45) is 17.8 Å². The Morgan fingerprint density at radius 2 is 1.46 bits per heavy atom. The minimum Gasteiger partial charge on any atom is -0.413 e. The SMILES string of the molecule is C#C[C@@H](CC/C=C/C1CC1CO[Si](c1ccccc1)(c1ccccc1)C(C)(C)C)[C@@H](C)O[Si](C)(C)C(C)(C)C. The molecule has 2 unspecified atom stereocenters. The van der Waals surface area contributed by atoms with Crippen LogP contribution >= 0.6 is 0 Å². The van der Waals surface area contributed by atoms with Crippen molar-refractivity contribution in [1.82, 2.24) is 0 Å². The van der Waals surface area contributed by atoms with Crippen molar-refractivity contribution < 1.29 is 8.85 Å². The molecule has 0 amide bonds. The predicted octanol–water partition coefficient (Wildman–Crippen LogP) is 8.20. The highest BCUT2D eigenvalue weighted by atomic mass is 28.4. The van der Waals surface area contributed by atoms with Gasteiger partial charge in [-0.05, 0) is 71.6 Å². The van der Waals surface area contributed by atoms with Gasteiger partial charge in [0.15, 0.2) is 8.32 Å². The third-order valence-corrected chi connectivity index (χ3v) is 18.6. The summed E-state index contributed by atoms with van der Waals surface area (Å²) in [4.78, 5) is 0. The van der Waals surface area contributed by atoms with Gasteiger partial charge in [-0.3, -0.25) is 0 Å². The lowest BCUT2D eigenvalue weighted by atomic mass is 9.98. The highest BCUT2D eigenvalue weighted by molar-refractivity contribution is 6.99. The first-order valence-electron chi connectivity index (χ1n) is 14.8. The maximum atomic E-state index is 7.15. The van der Waals surface area contributed by atoms with Crippen molar-refractivity contribution in [2.45, 2.75) is 97.0 Å². The van der Waals surface area contributed by atoms with Gasteiger partial charge in [-0.2, -0.15) is 0 Å². The maximum absolute atomic E-state index is 7.15. The molecule has 0 aliphatic heterocycles. The number of rotatable bonds is 12. The number of hydrogen-bond donors (Lipinski definition) is 0. The zero-order chi connectivity index (χ0) is 28.9. The molecule has 0 bridgehead atoms. The molecule has 0 radical (unpaired) electrons. The van der Waals surface area contributed by atoms with E-state index in [4.69, 9.17) is 15.3 Å². The third-order valence-electron chi connectivity index (χ3n) is 9.00. The summed E-state index contributed by atoms with van der Waals surface area (Å²) in [6.45, 7) is 21.5. The van der Waals surface area contributed by atoms with E-state index < -0.39 is 16.6 Å². The van der Waals surface area contributed by atoms with Crippen LogP contribution in [0.2, 0.25) is 23.2 Å². The first-order valence-corrected chi connectivity index (χ1v) is 19.6. The minimum absolute atomic E-state index is 0.0172. The van der Waals surface area contributed by atoms with E-state index in [1.807, 2.05) is 0 Å². The fourth-order valence-corrected chi connectivity index (χ4v) is 11.5. The summed E-state index contributed by atoms with van der Waals surface area (Å²) in [5.74, 6) is 4.36. The zero-order valence-corrected chi connectivity index (χ0v) is 28.0. The number of allylic oxidation sites excluding steroid dienone is 2. The maximum Gasteiger partial charge on any atom is 0.261 e. The fourth-order valence-electron chi connectivity index (χ4n) is 5.42. The second-order valence-corrected chi connectivity index (χ2v) is 23.1. The Labute approximate surface area is 241 Å². The molecule has 2 aromatic carbocycles. The van der Waals surface area contributed by atoms with E-state index in [9.17, 15) is 0 Å². The Hall–Kier alpha value is -1.91. The van der Waals surface area contributed by atoms with Crippen LogP contribution in [0.5, 0.6) is 0 Å². The Balaban J connectivity index is 1.60. The average molecular weight is 561 g/mol. The van der Waals surface area contributed by atoms with Crippen LogP contribution in [0.25, 0.3) is 0 Å². The lowest BCUT2D eigenvalue weighted by Crippen LogP contribution is -2.66. The van der Waals surface area contributed by atoms with Gasteiger partial charge in [0.05, 0.1) is 6.10 Å². The molecule has 39 heavy (non-hydrogen) atoms. The summed E-state index contributed by atoms with van der Waals surface area (Å²) >= 11 is 0. The van der Waals surface area contributed by atoms with Crippen molar-refractivity contribution >= 4 is 27.0 Å². The molecule has 1 aliphatic rings. The number of benzene rings is 2. The van der Waals surface area contributed by atoms with Crippen LogP contribution in [0.15, 0.2) is 72.8 Å². The Kier molecular flexibility index (Phi) is 10.3. The van der Waals surface area contributed by atoms with Gasteiger partial charge in [0.25, 0.3) is 8.32 Å². The highest BCUT2D eigenvalue weighted by Crippen LogP contribution is 2.43. The molecule has 212 valence electrons. The van der Waals surface area contributed by atoms with Gasteiger partial charge >= 0.3 is 0 Å². The molecule has 1 fully saturated rings. The number of terminal acetylenes is 1. The molecular formula is C35H52O2Si2. The van der Waals surface area contributed by atoms with Crippen LogP contribution in [0.1, 0.15) is 67.7 Å². The van der Waals surface area contributed by atoms with E-state index in [0.29, 0.717) is 11.8 Å². The molecular weight excluding hydrogens is 509 g/mol. The molecule has 0 N–H and O–H groups in total. The van der Waals surface area contributed by atoms with Crippen LogP contribution in [0.3, 0.4) is 0 Å². The Morgan fingerprint density at radius 1 is 0.923 bits per heavy atom. The number of hydrogen-bond acceptors (Lipinski definition) is 2. The summed E-state index contributed by atoms with van der Waals surface area (Å²) in [5.41, 5.74) is 0. The second-order valence-electron chi connectivity index (χ2n) is 14.0. The summed E-state index contributed by atoms with van der Waals surface area (Å²) in [5, 5.41) is 2.91. The molecule has 4 atom stereocenters. The van der Waals surface area contributed by atoms with Gasteiger partial charge < -0.3 is 8.85 Å². The van der Waals surface area contributed by atoms with Crippen LogP contribution in [0, 0.1) is 30.1 Å². The molecule has 0 spiro atoms. The molecule has 4 heteroatoms. The van der Waals surface area contributed by atoms with Gasteiger partial charge in [0, 0.05) is 12.5 Å². The monoisotopic (exact) mass is 560 g/mol. The van der Waals surface area contributed by atoms with E-state index in [2.05, 4.69) is 140 Å². The van der Waals surface area contributed by atoms with Crippen LogP contribution in [-0.2, 0) is 8.85 Å².